The molecule has 1 saturated carbocycles. The van der Waals surface area contributed by atoms with Crippen LogP contribution >= 0.6 is 0 Å². The number of hydrogen-bond donors (Lipinski definition) is 0. The van der Waals surface area contributed by atoms with Gasteiger partial charge in [-0.05, 0) is 61.1 Å². The van der Waals surface area contributed by atoms with Crippen molar-refractivity contribution in [3.8, 4) is 0 Å². The number of rotatable bonds is 0. The maximum absolute atomic E-state index is 2.36. The highest BCUT2D eigenvalue weighted by Gasteiger charge is 2.33. The third kappa shape index (κ3) is 0.979. The number of aryl methyl sites for hydroxylation is 1. The van der Waals surface area contributed by atoms with Crippen LogP contribution in [0.15, 0.2) is 18.2 Å². The average molecular weight is 172 g/mol. The predicted molar refractivity (Wildman–Crippen MR) is 55.1 cm³/mol. The molecule has 0 nitrogen and oxygen atoms in total. The van der Waals surface area contributed by atoms with Crippen LogP contribution in [0.2, 0.25) is 0 Å². The van der Waals surface area contributed by atoms with Crippen LogP contribution in [0.25, 0.3) is 0 Å². The Morgan fingerprint density at radius 1 is 1.00 bits per heavy atom. The lowest BCUT2D eigenvalue weighted by Gasteiger charge is -2.39. The first-order valence-corrected chi connectivity index (χ1v) is 5.45. The van der Waals surface area contributed by atoms with E-state index in [1.165, 1.54) is 31.2 Å². The fourth-order valence-corrected chi connectivity index (χ4v) is 3.31. The Labute approximate surface area is 80.0 Å². The minimum Gasteiger partial charge on any atom is -0.0617 e. The van der Waals surface area contributed by atoms with Crippen LogP contribution in [-0.4, -0.2) is 0 Å². The first kappa shape index (κ1) is 7.61. The smallest absolute Gasteiger partial charge is 0.0156 e. The second-order valence-corrected chi connectivity index (χ2v) is 4.63. The van der Waals surface area contributed by atoms with Gasteiger partial charge in [-0.1, -0.05) is 18.2 Å². The largest absolute Gasteiger partial charge is 0.0617 e. The molecule has 0 heterocycles. The van der Waals surface area contributed by atoms with Gasteiger partial charge in [0, 0.05) is 0 Å². The highest BCUT2D eigenvalue weighted by Crippen LogP contribution is 2.50. The summed E-state index contributed by atoms with van der Waals surface area (Å²) >= 11 is 0. The van der Waals surface area contributed by atoms with Crippen LogP contribution in [0.4, 0.5) is 0 Å². The van der Waals surface area contributed by atoms with Gasteiger partial charge in [0.2, 0.25) is 0 Å². The second kappa shape index (κ2) is 2.60. The van der Waals surface area contributed by atoms with E-state index >= 15 is 0 Å². The molecule has 1 fully saturated rings. The van der Waals surface area contributed by atoms with Gasteiger partial charge < -0.3 is 0 Å². The lowest BCUT2D eigenvalue weighted by Crippen LogP contribution is -2.22. The minimum absolute atomic E-state index is 0.903. The quantitative estimate of drug-likeness (QED) is 0.559. The molecule has 0 saturated heterocycles. The third-order valence-corrected chi connectivity index (χ3v) is 3.93. The molecule has 0 atom stereocenters. The van der Waals surface area contributed by atoms with E-state index in [1.807, 2.05) is 0 Å². The van der Waals surface area contributed by atoms with E-state index in [0.29, 0.717) is 0 Å². The van der Waals surface area contributed by atoms with Crippen molar-refractivity contribution in [2.75, 3.05) is 0 Å². The molecule has 0 aromatic heterocycles. The maximum Gasteiger partial charge on any atom is -0.0156 e. The molecule has 3 aliphatic carbocycles. The van der Waals surface area contributed by atoms with Crippen LogP contribution in [0.5, 0.6) is 0 Å². The summed E-state index contributed by atoms with van der Waals surface area (Å²) in [4.78, 5) is 0. The van der Waals surface area contributed by atoms with Crippen molar-refractivity contribution in [2.24, 2.45) is 0 Å². The van der Waals surface area contributed by atoms with Gasteiger partial charge in [-0.3, -0.25) is 0 Å². The Morgan fingerprint density at radius 3 is 2.38 bits per heavy atom. The lowest BCUT2D eigenvalue weighted by atomic mass is 9.66. The van der Waals surface area contributed by atoms with E-state index in [9.17, 15) is 0 Å². The fraction of sp³-hybridized carbons (Fsp3) is 0.538. The molecule has 0 N–H and O–H groups in total. The summed E-state index contributed by atoms with van der Waals surface area (Å²) in [6.07, 6.45) is 5.78. The Bertz CT molecular complexity index is 330. The summed E-state index contributed by atoms with van der Waals surface area (Å²) in [7, 11) is 0. The molecule has 0 radical (unpaired) electrons. The molecule has 68 valence electrons. The van der Waals surface area contributed by atoms with Gasteiger partial charge in [0.1, 0.15) is 0 Å². The first-order chi connectivity index (χ1) is 6.36. The van der Waals surface area contributed by atoms with Crippen molar-refractivity contribution in [3.05, 3.63) is 34.9 Å². The Hall–Kier alpha value is -0.780. The van der Waals surface area contributed by atoms with Gasteiger partial charge in [0.05, 0.1) is 0 Å². The third-order valence-electron chi connectivity index (χ3n) is 3.93. The Morgan fingerprint density at radius 2 is 1.69 bits per heavy atom. The topological polar surface area (TPSA) is 0 Å². The normalized spacial score (nSPS) is 30.2. The van der Waals surface area contributed by atoms with E-state index in [1.54, 1.807) is 11.1 Å². The van der Waals surface area contributed by atoms with E-state index in [0.717, 1.165) is 11.8 Å². The highest BCUT2D eigenvalue weighted by molar-refractivity contribution is 5.43. The molecule has 4 rings (SSSR count). The lowest BCUT2D eigenvalue weighted by molar-refractivity contribution is 0.357. The van der Waals surface area contributed by atoms with Crippen LogP contribution in [-0.2, 0) is 0 Å². The van der Waals surface area contributed by atoms with Crippen molar-refractivity contribution in [3.63, 3.8) is 0 Å². The average Bonchev–Trinajstić information content (AvgIpc) is 2.20. The van der Waals surface area contributed by atoms with Gasteiger partial charge in [-0.15, -0.1) is 0 Å². The fourth-order valence-electron chi connectivity index (χ4n) is 3.31. The van der Waals surface area contributed by atoms with Gasteiger partial charge in [-0.2, -0.15) is 0 Å². The zero-order valence-electron chi connectivity index (χ0n) is 8.22. The summed E-state index contributed by atoms with van der Waals surface area (Å²) in [5, 5.41) is 0. The van der Waals surface area contributed by atoms with Crippen LogP contribution < -0.4 is 0 Å². The van der Waals surface area contributed by atoms with Crippen molar-refractivity contribution >= 4 is 0 Å². The maximum atomic E-state index is 2.36. The minimum atomic E-state index is 0.903. The molecular formula is C13H16. The highest BCUT2D eigenvalue weighted by atomic mass is 14.4. The molecule has 1 aromatic carbocycles. The molecule has 0 aliphatic heterocycles. The molecule has 3 aliphatic rings. The molecule has 1 aromatic rings. The first-order valence-electron chi connectivity index (χ1n) is 5.45. The molecule has 0 heteroatoms. The summed E-state index contributed by atoms with van der Waals surface area (Å²) in [6, 6.07) is 6.87. The van der Waals surface area contributed by atoms with E-state index in [-0.39, 0.29) is 0 Å². The van der Waals surface area contributed by atoms with Crippen molar-refractivity contribution in [1.82, 2.24) is 0 Å². The van der Waals surface area contributed by atoms with Crippen LogP contribution in [0, 0.1) is 6.92 Å². The van der Waals surface area contributed by atoms with Gasteiger partial charge in [0.25, 0.3) is 0 Å². The zero-order chi connectivity index (χ0) is 8.84. The van der Waals surface area contributed by atoms with Gasteiger partial charge in [-0.25, -0.2) is 0 Å². The molecule has 13 heavy (non-hydrogen) atoms. The molecule has 0 spiro atoms. The standard InChI is InChI=1S/C13H16/c1-9-3-2-4-12-10-5-7-11(8-6-10)13(9)12/h2-4,10-11H,5-8H2,1H3. The Kier molecular flexibility index (Phi) is 1.52. The summed E-state index contributed by atoms with van der Waals surface area (Å²) in [5.41, 5.74) is 4.93. The molecule has 0 amide bonds. The van der Waals surface area contributed by atoms with Crippen LogP contribution in [0.3, 0.4) is 0 Å². The predicted octanol–water partition coefficient (Wildman–Crippen LogP) is 3.75. The number of hydrogen-bond acceptors (Lipinski definition) is 0. The van der Waals surface area contributed by atoms with E-state index in [4.69, 9.17) is 0 Å². The number of fused-ring (bicyclic) bond motifs is 2. The SMILES string of the molecule is Cc1cccc2c1C1CCC2CC1. The second-order valence-electron chi connectivity index (χ2n) is 4.63. The summed E-state index contributed by atoms with van der Waals surface area (Å²) in [5.74, 6) is 1.81. The van der Waals surface area contributed by atoms with Crippen molar-refractivity contribution < 1.29 is 0 Å². The molecular weight excluding hydrogens is 156 g/mol. The zero-order valence-corrected chi connectivity index (χ0v) is 8.22. The molecule has 2 bridgehead atoms. The molecule has 0 unspecified atom stereocenters. The monoisotopic (exact) mass is 172 g/mol. The number of benzene rings is 1. The Balaban J connectivity index is 2.23. The van der Waals surface area contributed by atoms with E-state index in [2.05, 4.69) is 25.1 Å². The van der Waals surface area contributed by atoms with Gasteiger partial charge in [0.15, 0.2) is 0 Å². The van der Waals surface area contributed by atoms with Crippen LogP contribution in [0.1, 0.15) is 54.2 Å². The van der Waals surface area contributed by atoms with Gasteiger partial charge >= 0.3 is 0 Å². The summed E-state index contributed by atoms with van der Waals surface area (Å²) < 4.78 is 0. The van der Waals surface area contributed by atoms with E-state index < -0.39 is 0 Å². The van der Waals surface area contributed by atoms with Crippen molar-refractivity contribution in [1.29, 1.82) is 0 Å². The van der Waals surface area contributed by atoms with Crippen molar-refractivity contribution in [2.45, 2.75) is 44.4 Å². The summed E-state index contributed by atoms with van der Waals surface area (Å²) in [6.45, 7) is 2.28.